The van der Waals surface area contributed by atoms with Crippen molar-refractivity contribution in [1.29, 1.82) is 0 Å². The number of hydrogen-bond donors (Lipinski definition) is 2. The highest BCUT2D eigenvalue weighted by atomic mass is 32.1. The van der Waals surface area contributed by atoms with Crippen LogP contribution in [-0.4, -0.2) is 53.8 Å². The molecule has 0 aromatic heterocycles. The van der Waals surface area contributed by atoms with Crippen LogP contribution in [0.15, 0.2) is 48.5 Å². The molecule has 6 nitrogen and oxygen atoms in total. The predicted molar refractivity (Wildman–Crippen MR) is 124 cm³/mol. The van der Waals surface area contributed by atoms with Crippen molar-refractivity contribution in [3.8, 4) is 0 Å². The van der Waals surface area contributed by atoms with E-state index in [0.29, 0.717) is 19.4 Å². The van der Waals surface area contributed by atoms with Gasteiger partial charge in [0.05, 0.1) is 11.4 Å². The minimum Gasteiger partial charge on any atom is -0.369 e. The Kier molecular flexibility index (Phi) is 5.73. The molecule has 2 amide bonds. The summed E-state index contributed by atoms with van der Waals surface area (Å²) in [6, 6.07) is 16.7. The summed E-state index contributed by atoms with van der Waals surface area (Å²) in [6.07, 6.45) is 0.953. The number of nitrogens with one attached hydrogen (secondary N) is 1. The molecule has 162 valence electrons. The number of anilines is 1. The van der Waals surface area contributed by atoms with Crippen LogP contribution in [0.25, 0.3) is 0 Å². The SMILES string of the molecule is O=C1CCC(N2Cc3c(CN4CCN(c5ccccc5)CC4)cccc3C2S)C(=O)N1. The first-order chi connectivity index (χ1) is 15.1. The van der Waals surface area contributed by atoms with Crippen LogP contribution in [0.1, 0.15) is 34.9 Å². The first kappa shape index (κ1) is 20.5. The lowest BCUT2D eigenvalue weighted by Gasteiger charge is -2.36. The van der Waals surface area contributed by atoms with Crippen molar-refractivity contribution in [2.24, 2.45) is 0 Å². The summed E-state index contributed by atoms with van der Waals surface area (Å²) in [5.41, 5.74) is 5.09. The van der Waals surface area contributed by atoms with Gasteiger partial charge in [-0.3, -0.25) is 24.7 Å². The van der Waals surface area contributed by atoms with Crippen molar-refractivity contribution < 1.29 is 9.59 Å². The number of carbonyl (C=O) groups is 2. The van der Waals surface area contributed by atoms with Gasteiger partial charge in [-0.05, 0) is 35.2 Å². The van der Waals surface area contributed by atoms with Crippen LogP contribution < -0.4 is 10.2 Å². The van der Waals surface area contributed by atoms with Crippen LogP contribution >= 0.6 is 12.6 Å². The van der Waals surface area contributed by atoms with Gasteiger partial charge in [-0.15, -0.1) is 0 Å². The van der Waals surface area contributed by atoms with Gasteiger partial charge in [0.2, 0.25) is 11.8 Å². The third kappa shape index (κ3) is 4.10. The van der Waals surface area contributed by atoms with E-state index in [1.165, 1.54) is 22.4 Å². The van der Waals surface area contributed by atoms with Gasteiger partial charge in [-0.2, -0.15) is 12.6 Å². The number of benzene rings is 2. The summed E-state index contributed by atoms with van der Waals surface area (Å²) in [5, 5.41) is 2.37. The van der Waals surface area contributed by atoms with Gasteiger partial charge < -0.3 is 4.90 Å². The van der Waals surface area contributed by atoms with Crippen molar-refractivity contribution in [3.05, 3.63) is 65.2 Å². The van der Waals surface area contributed by atoms with Gasteiger partial charge in [0.25, 0.3) is 0 Å². The maximum Gasteiger partial charge on any atom is 0.243 e. The molecular formula is C24H28N4O2S. The number of fused-ring (bicyclic) bond motifs is 1. The van der Waals surface area contributed by atoms with Crippen LogP contribution in [-0.2, 0) is 22.7 Å². The van der Waals surface area contributed by atoms with Gasteiger partial charge >= 0.3 is 0 Å². The van der Waals surface area contributed by atoms with Crippen LogP contribution in [0.4, 0.5) is 5.69 Å². The molecule has 0 radical (unpaired) electrons. The Balaban J connectivity index is 1.26. The van der Waals surface area contributed by atoms with Gasteiger partial charge in [-0.25, -0.2) is 0 Å². The number of hydrogen-bond acceptors (Lipinski definition) is 6. The smallest absolute Gasteiger partial charge is 0.243 e. The molecule has 3 heterocycles. The monoisotopic (exact) mass is 436 g/mol. The molecule has 3 aliphatic rings. The zero-order chi connectivity index (χ0) is 21.4. The first-order valence-electron chi connectivity index (χ1n) is 11.0. The topological polar surface area (TPSA) is 55.9 Å². The second-order valence-corrected chi connectivity index (χ2v) is 9.09. The number of rotatable bonds is 4. The lowest BCUT2D eigenvalue weighted by atomic mass is 10.0. The molecule has 2 aromatic rings. The summed E-state index contributed by atoms with van der Waals surface area (Å²) >= 11 is 4.85. The summed E-state index contributed by atoms with van der Waals surface area (Å²) in [7, 11) is 0. The van der Waals surface area contributed by atoms with Crippen molar-refractivity contribution in [2.45, 2.75) is 37.3 Å². The quantitative estimate of drug-likeness (QED) is 0.570. The fourth-order valence-electron chi connectivity index (χ4n) is 5.01. The maximum absolute atomic E-state index is 12.4. The second-order valence-electron chi connectivity index (χ2n) is 8.60. The van der Waals surface area contributed by atoms with E-state index in [1.807, 2.05) is 0 Å². The molecule has 0 aliphatic carbocycles. The third-order valence-electron chi connectivity index (χ3n) is 6.74. The van der Waals surface area contributed by atoms with E-state index in [1.54, 1.807) is 0 Å². The number of nitrogens with zero attached hydrogens (tertiary/aromatic N) is 3. The second kappa shape index (κ2) is 8.65. The summed E-state index contributed by atoms with van der Waals surface area (Å²) in [4.78, 5) is 31.0. The normalized spacial score (nSPS) is 24.9. The molecule has 0 bridgehead atoms. The van der Waals surface area contributed by atoms with E-state index in [-0.39, 0.29) is 23.2 Å². The number of para-hydroxylation sites is 1. The maximum atomic E-state index is 12.4. The molecule has 2 aromatic carbocycles. The summed E-state index contributed by atoms with van der Waals surface area (Å²) in [6.45, 7) is 5.72. The standard InChI is InChI=1S/C24H28N4O2S/c29-22-10-9-21(23(30)25-22)28-16-20-17(5-4-8-19(20)24(28)31)15-26-11-13-27(14-12-26)18-6-2-1-3-7-18/h1-8,21,24,31H,9-16H2,(H,25,29,30). The Morgan fingerprint density at radius 1 is 0.968 bits per heavy atom. The average Bonchev–Trinajstić information content (AvgIpc) is 3.12. The Morgan fingerprint density at radius 3 is 2.48 bits per heavy atom. The number of amides is 2. The lowest BCUT2D eigenvalue weighted by Crippen LogP contribution is -2.51. The number of carbonyl (C=O) groups excluding carboxylic acids is 2. The van der Waals surface area contributed by atoms with Gasteiger partial charge in [0.15, 0.2) is 0 Å². The molecule has 2 saturated heterocycles. The first-order valence-corrected chi connectivity index (χ1v) is 11.5. The molecule has 5 rings (SSSR count). The average molecular weight is 437 g/mol. The summed E-state index contributed by atoms with van der Waals surface area (Å²) in [5.74, 6) is -0.370. The van der Waals surface area contributed by atoms with Crippen molar-refractivity contribution in [2.75, 3.05) is 31.1 Å². The Labute approximate surface area is 188 Å². The molecule has 2 unspecified atom stereocenters. The van der Waals surface area contributed by atoms with E-state index in [2.05, 4.69) is 68.5 Å². The van der Waals surface area contributed by atoms with Crippen molar-refractivity contribution in [1.82, 2.24) is 15.1 Å². The molecule has 1 N–H and O–H groups in total. The zero-order valence-electron chi connectivity index (χ0n) is 17.5. The molecule has 31 heavy (non-hydrogen) atoms. The highest BCUT2D eigenvalue weighted by Crippen LogP contribution is 2.40. The van der Waals surface area contributed by atoms with E-state index in [9.17, 15) is 9.59 Å². The molecular weight excluding hydrogens is 408 g/mol. The lowest BCUT2D eigenvalue weighted by molar-refractivity contribution is -0.137. The van der Waals surface area contributed by atoms with Crippen molar-refractivity contribution in [3.63, 3.8) is 0 Å². The molecule has 7 heteroatoms. The molecule has 3 aliphatic heterocycles. The van der Waals surface area contributed by atoms with E-state index in [0.717, 1.165) is 32.7 Å². The van der Waals surface area contributed by atoms with E-state index in [4.69, 9.17) is 12.6 Å². The molecule has 0 spiro atoms. The van der Waals surface area contributed by atoms with E-state index < -0.39 is 0 Å². The third-order valence-corrected chi connectivity index (χ3v) is 7.32. The minimum absolute atomic E-state index is 0.117. The van der Waals surface area contributed by atoms with Crippen LogP contribution in [0.3, 0.4) is 0 Å². The number of imide groups is 1. The van der Waals surface area contributed by atoms with Gasteiger partial charge in [0.1, 0.15) is 0 Å². The fourth-order valence-corrected chi connectivity index (χ4v) is 5.49. The number of thiol groups is 1. The Bertz CT molecular complexity index is 975. The Hall–Kier alpha value is -2.35. The Morgan fingerprint density at radius 2 is 1.74 bits per heavy atom. The summed E-state index contributed by atoms with van der Waals surface area (Å²) < 4.78 is 0. The number of piperidine rings is 1. The highest BCUT2D eigenvalue weighted by Gasteiger charge is 2.39. The highest BCUT2D eigenvalue weighted by molar-refractivity contribution is 7.80. The van der Waals surface area contributed by atoms with Gasteiger partial charge in [-0.1, -0.05) is 36.4 Å². The van der Waals surface area contributed by atoms with Crippen LogP contribution in [0, 0.1) is 0 Å². The fraction of sp³-hybridized carbons (Fsp3) is 0.417. The van der Waals surface area contributed by atoms with Crippen molar-refractivity contribution >= 4 is 30.1 Å². The van der Waals surface area contributed by atoms with Gasteiger partial charge in [0, 0.05) is 51.4 Å². The minimum atomic E-state index is -0.296. The van der Waals surface area contributed by atoms with Crippen LogP contribution in [0.5, 0.6) is 0 Å². The zero-order valence-corrected chi connectivity index (χ0v) is 18.4. The molecule has 2 fully saturated rings. The predicted octanol–water partition coefficient (Wildman–Crippen LogP) is 2.56. The van der Waals surface area contributed by atoms with Crippen LogP contribution in [0.2, 0.25) is 0 Å². The largest absolute Gasteiger partial charge is 0.369 e. The molecule has 0 saturated carbocycles. The molecule has 2 atom stereocenters. The number of piperazine rings is 1. The van der Waals surface area contributed by atoms with E-state index >= 15 is 0 Å².